The van der Waals surface area contributed by atoms with Crippen molar-refractivity contribution in [1.82, 2.24) is 19.5 Å². The minimum Gasteiger partial charge on any atom is -0.400 e. The highest BCUT2D eigenvalue weighted by atomic mass is 35.5. The maximum Gasteiger partial charge on any atom is 0.327 e. The fourth-order valence-electron chi connectivity index (χ4n) is 3.05. The van der Waals surface area contributed by atoms with Crippen LogP contribution >= 0.6 is 20.2 Å². The van der Waals surface area contributed by atoms with E-state index >= 15 is 0 Å². The summed E-state index contributed by atoms with van der Waals surface area (Å²) in [5.74, 6) is 0.268. The number of aromatic nitrogens is 4. The predicted octanol–water partition coefficient (Wildman–Crippen LogP) is 1.63. The van der Waals surface area contributed by atoms with Gasteiger partial charge in [0.25, 0.3) is 0 Å². The van der Waals surface area contributed by atoms with Gasteiger partial charge in [-0.1, -0.05) is 6.92 Å². The molecule has 24 heavy (non-hydrogen) atoms. The van der Waals surface area contributed by atoms with E-state index in [0.717, 1.165) is 26.4 Å². The van der Waals surface area contributed by atoms with Crippen molar-refractivity contribution < 1.29 is 19.4 Å². The van der Waals surface area contributed by atoms with Gasteiger partial charge >= 0.3 is 8.60 Å². The van der Waals surface area contributed by atoms with Gasteiger partial charge in [-0.3, -0.25) is 0 Å². The second-order valence-corrected chi connectivity index (χ2v) is 7.04. The molecular weight excluding hydrogens is 357 g/mol. The van der Waals surface area contributed by atoms with E-state index in [2.05, 4.69) is 21.9 Å². The van der Waals surface area contributed by atoms with Crippen LogP contribution in [0, 0.1) is 5.41 Å². The summed E-state index contributed by atoms with van der Waals surface area (Å²) in [6, 6.07) is 0.188. The summed E-state index contributed by atoms with van der Waals surface area (Å²) in [4.78, 5) is 30.2. The van der Waals surface area contributed by atoms with Gasteiger partial charge in [0.1, 0.15) is 5.52 Å². The molecule has 11 heteroatoms. The van der Waals surface area contributed by atoms with Gasteiger partial charge in [-0.05, 0) is 36.3 Å². The molecule has 2 atom stereocenters. The molecule has 1 fully saturated rings. The van der Waals surface area contributed by atoms with Gasteiger partial charge in [-0.25, -0.2) is 4.98 Å². The van der Waals surface area contributed by atoms with Crippen LogP contribution in [0.25, 0.3) is 11.2 Å². The molecule has 0 aliphatic heterocycles. The predicted molar refractivity (Wildman–Crippen MR) is 91.2 cm³/mol. The fourth-order valence-corrected chi connectivity index (χ4v) is 3.65. The minimum atomic E-state index is -2.32. The molecule has 0 bridgehead atoms. The molecule has 2 aromatic heterocycles. The molecule has 1 saturated carbocycles. The van der Waals surface area contributed by atoms with E-state index in [0.29, 0.717) is 17.8 Å². The fraction of sp³-hybridized carbons (Fsp3) is 0.615. The highest BCUT2D eigenvalue weighted by molar-refractivity contribution is 7.39. The lowest BCUT2D eigenvalue weighted by atomic mass is 9.90. The number of rotatable bonds is 4. The molecule has 1 unspecified atom stereocenters. The summed E-state index contributed by atoms with van der Waals surface area (Å²) in [5.41, 5.74) is 6.87. The smallest absolute Gasteiger partial charge is 0.327 e. The third-order valence-corrected chi connectivity index (χ3v) is 4.68. The lowest BCUT2D eigenvalue weighted by Crippen LogP contribution is -2.19. The van der Waals surface area contributed by atoms with E-state index in [4.69, 9.17) is 36.8 Å². The average molecular weight is 378 g/mol. The van der Waals surface area contributed by atoms with Crippen LogP contribution in [0.3, 0.4) is 0 Å². The number of anilines is 1. The zero-order chi connectivity index (χ0) is 17.9. The third-order valence-electron chi connectivity index (χ3n) is 4.15. The van der Waals surface area contributed by atoms with Gasteiger partial charge < -0.3 is 29.7 Å². The molecule has 0 amide bonds. The Balaban J connectivity index is 0.00000100. The van der Waals surface area contributed by atoms with Crippen LogP contribution in [0.4, 0.5) is 5.82 Å². The van der Waals surface area contributed by atoms with Crippen LogP contribution in [0.2, 0.25) is 5.28 Å². The molecular formula is C13H21ClN5O4P. The van der Waals surface area contributed by atoms with E-state index < -0.39 is 8.60 Å². The first-order valence-corrected chi connectivity index (χ1v) is 8.83. The summed E-state index contributed by atoms with van der Waals surface area (Å²) in [6.07, 6.45) is 4.36. The van der Waals surface area contributed by atoms with Crippen molar-refractivity contribution in [3.8, 4) is 0 Å². The molecule has 0 spiro atoms. The number of halogens is 1. The Bertz CT molecular complexity index is 700. The highest BCUT2D eigenvalue weighted by Gasteiger charge is 2.37. The Labute approximate surface area is 145 Å². The maximum atomic E-state index is 8.92. The van der Waals surface area contributed by atoms with Crippen molar-refractivity contribution in [2.24, 2.45) is 5.41 Å². The molecule has 2 aromatic rings. The Hall–Kier alpha value is -1.09. The zero-order valence-corrected chi connectivity index (χ0v) is 15.1. The van der Waals surface area contributed by atoms with Crippen molar-refractivity contribution in [1.29, 1.82) is 0 Å². The van der Waals surface area contributed by atoms with Crippen LogP contribution in [0.15, 0.2) is 6.33 Å². The molecule has 0 aromatic carbocycles. The molecule has 9 nitrogen and oxygen atoms in total. The van der Waals surface area contributed by atoms with Crippen molar-refractivity contribution in [2.45, 2.75) is 32.2 Å². The number of aliphatic hydroxyl groups excluding tert-OH is 1. The lowest BCUT2D eigenvalue weighted by molar-refractivity contribution is 0.145. The zero-order valence-electron chi connectivity index (χ0n) is 13.4. The normalized spacial score (nSPS) is 23.5. The number of fused-ring (bicyclic) bond motifs is 1. The minimum absolute atomic E-state index is 0.0991. The van der Waals surface area contributed by atoms with Gasteiger partial charge in [-0.2, -0.15) is 9.97 Å². The van der Waals surface area contributed by atoms with Gasteiger partial charge in [-0.15, -0.1) is 0 Å². The summed E-state index contributed by atoms with van der Waals surface area (Å²) in [5, 5.41) is 7.10. The number of nitrogens with two attached hydrogens (primary N) is 1. The van der Waals surface area contributed by atoms with E-state index in [9.17, 15) is 0 Å². The Morgan fingerprint density at radius 3 is 2.83 bits per heavy atom. The van der Waals surface area contributed by atoms with Crippen LogP contribution in [-0.4, -0.2) is 48.1 Å². The summed E-state index contributed by atoms with van der Waals surface area (Å²) >= 11 is 5.88. The SMILES string of the molecule is CO.C[C@@]1(COP(O)O)CCC(n2cnc3c(N)nc(Cl)nc32)C1. The summed E-state index contributed by atoms with van der Waals surface area (Å²) in [7, 11) is -1.32. The van der Waals surface area contributed by atoms with Gasteiger partial charge in [0, 0.05) is 13.2 Å². The van der Waals surface area contributed by atoms with Gasteiger partial charge in [0.05, 0.1) is 12.9 Å². The first-order valence-electron chi connectivity index (χ1n) is 7.29. The van der Waals surface area contributed by atoms with E-state index in [1.54, 1.807) is 6.33 Å². The van der Waals surface area contributed by atoms with Crippen LogP contribution in [-0.2, 0) is 4.52 Å². The maximum absolute atomic E-state index is 8.92. The third kappa shape index (κ3) is 4.11. The number of imidazole rings is 1. The first kappa shape index (κ1) is 19.2. The van der Waals surface area contributed by atoms with Crippen molar-refractivity contribution in [3.05, 3.63) is 11.6 Å². The molecule has 3 rings (SSSR count). The molecule has 5 N–H and O–H groups in total. The molecule has 2 heterocycles. The summed E-state index contributed by atoms with van der Waals surface area (Å²) < 4.78 is 6.97. The van der Waals surface area contributed by atoms with Crippen LogP contribution in [0.1, 0.15) is 32.2 Å². The number of hydrogen-bond acceptors (Lipinski definition) is 8. The van der Waals surface area contributed by atoms with Gasteiger partial charge in [0.15, 0.2) is 11.5 Å². The number of nitrogen functional groups attached to an aromatic ring is 1. The van der Waals surface area contributed by atoms with Crippen molar-refractivity contribution >= 4 is 37.2 Å². The van der Waals surface area contributed by atoms with E-state index in [-0.39, 0.29) is 22.6 Å². The molecule has 1 aliphatic rings. The standard InChI is InChI=1S/C12H17ClN5O3P.CH4O/c1-12(5-21-22(19)20)3-2-7(4-12)18-6-15-8-9(14)16-11(13)17-10(8)18;1-2/h6-7,19-20H,2-5H2,1H3,(H2,14,16,17);2H,1H3/t7?,12-;/m1./s1. The van der Waals surface area contributed by atoms with Crippen molar-refractivity contribution in [3.63, 3.8) is 0 Å². The number of nitrogens with zero attached hydrogens (tertiary/aromatic N) is 4. The molecule has 134 valence electrons. The largest absolute Gasteiger partial charge is 0.400 e. The highest BCUT2D eigenvalue weighted by Crippen LogP contribution is 2.46. The Morgan fingerprint density at radius 2 is 2.17 bits per heavy atom. The average Bonchev–Trinajstić information content (AvgIpc) is 3.12. The number of hydrogen-bond donors (Lipinski definition) is 4. The molecule has 0 radical (unpaired) electrons. The Morgan fingerprint density at radius 1 is 1.46 bits per heavy atom. The lowest BCUT2D eigenvalue weighted by Gasteiger charge is -2.24. The second-order valence-electron chi connectivity index (χ2n) is 5.94. The van der Waals surface area contributed by atoms with Gasteiger partial charge in [0.2, 0.25) is 5.28 Å². The van der Waals surface area contributed by atoms with Crippen LogP contribution < -0.4 is 5.73 Å². The monoisotopic (exact) mass is 377 g/mol. The summed E-state index contributed by atoms with van der Waals surface area (Å²) in [6.45, 7) is 2.38. The number of aliphatic hydroxyl groups is 1. The first-order chi connectivity index (χ1) is 11.4. The van der Waals surface area contributed by atoms with Crippen LogP contribution in [0.5, 0.6) is 0 Å². The van der Waals surface area contributed by atoms with Crippen molar-refractivity contribution in [2.75, 3.05) is 19.5 Å². The second kappa shape index (κ2) is 7.86. The van der Waals surface area contributed by atoms with E-state index in [1.807, 2.05) is 4.57 Å². The van der Waals surface area contributed by atoms with E-state index in [1.165, 1.54) is 0 Å². The topological polar surface area (TPSA) is 140 Å². The Kier molecular flexibility index (Phi) is 6.30. The quantitative estimate of drug-likeness (QED) is 0.465. The molecule has 0 saturated heterocycles. The molecule has 1 aliphatic carbocycles.